The molecule has 0 spiro atoms. The number of likely N-dealkylation sites (tertiary alicyclic amines) is 1. The molecule has 3 atom stereocenters. The molecular weight excluding hydrogens is 340 g/mol. The van der Waals surface area contributed by atoms with Gasteiger partial charge in [-0.15, -0.1) is 11.3 Å². The molecule has 3 nitrogen and oxygen atoms in total. The number of thiophene rings is 1. The van der Waals surface area contributed by atoms with Crippen LogP contribution < -0.4 is 5.32 Å². The molecule has 26 heavy (non-hydrogen) atoms. The van der Waals surface area contributed by atoms with Crippen molar-refractivity contribution in [3.05, 3.63) is 63.4 Å². The molecule has 3 aliphatic rings. The zero-order valence-electron chi connectivity index (χ0n) is 15.1. The van der Waals surface area contributed by atoms with Crippen LogP contribution in [0.2, 0.25) is 0 Å². The summed E-state index contributed by atoms with van der Waals surface area (Å²) >= 11 is 1.85. The number of nitrogens with zero attached hydrogens (tertiary/aromatic N) is 1. The van der Waals surface area contributed by atoms with Crippen molar-refractivity contribution in [1.82, 2.24) is 4.90 Å². The highest BCUT2D eigenvalue weighted by Gasteiger charge is 2.39. The molecule has 2 aliphatic heterocycles. The fourth-order valence-corrected chi connectivity index (χ4v) is 5.85. The Balaban J connectivity index is 1.51. The van der Waals surface area contributed by atoms with Crippen molar-refractivity contribution in [3.8, 4) is 0 Å². The summed E-state index contributed by atoms with van der Waals surface area (Å²) in [5.74, 6) is 1.14. The molecular formula is C22H24N2OS. The first-order valence-electron chi connectivity index (χ1n) is 9.63. The monoisotopic (exact) mass is 364 g/mol. The van der Waals surface area contributed by atoms with E-state index in [1.165, 1.54) is 21.7 Å². The number of hydrogen-bond acceptors (Lipinski definition) is 3. The number of carbonyl (C=O) groups excluding carboxylic acids is 1. The minimum atomic E-state index is 0.194. The third-order valence-electron chi connectivity index (χ3n) is 6.19. The van der Waals surface area contributed by atoms with Crippen LogP contribution in [0.3, 0.4) is 0 Å². The Labute approximate surface area is 158 Å². The number of rotatable bonds is 2. The summed E-state index contributed by atoms with van der Waals surface area (Å²) in [4.78, 5) is 16.3. The van der Waals surface area contributed by atoms with Crippen molar-refractivity contribution in [2.24, 2.45) is 5.92 Å². The van der Waals surface area contributed by atoms with Crippen molar-refractivity contribution in [1.29, 1.82) is 0 Å². The van der Waals surface area contributed by atoms with Crippen LogP contribution in [0, 0.1) is 12.8 Å². The molecule has 1 aromatic heterocycles. The summed E-state index contributed by atoms with van der Waals surface area (Å²) in [6.45, 7) is 4.01. The Kier molecular flexibility index (Phi) is 3.89. The molecule has 1 saturated heterocycles. The van der Waals surface area contributed by atoms with E-state index in [1.54, 1.807) is 0 Å². The number of anilines is 1. The predicted octanol–water partition coefficient (Wildman–Crippen LogP) is 5.12. The van der Waals surface area contributed by atoms with E-state index in [9.17, 15) is 4.79 Å². The summed E-state index contributed by atoms with van der Waals surface area (Å²) in [6.07, 6.45) is 8.03. The maximum atomic E-state index is 12.8. The van der Waals surface area contributed by atoms with Gasteiger partial charge in [0.05, 0.1) is 6.04 Å². The van der Waals surface area contributed by atoms with Crippen LogP contribution in [0.15, 0.2) is 41.8 Å². The van der Waals surface area contributed by atoms with Crippen molar-refractivity contribution in [3.63, 3.8) is 0 Å². The van der Waals surface area contributed by atoms with Gasteiger partial charge in [0.2, 0.25) is 0 Å². The van der Waals surface area contributed by atoms with Crippen LogP contribution in [-0.2, 0) is 0 Å². The Morgan fingerprint density at radius 3 is 2.85 bits per heavy atom. The number of amides is 1. The number of nitrogens with one attached hydrogen (secondary N) is 1. The first-order chi connectivity index (χ1) is 12.7. The third-order valence-corrected chi connectivity index (χ3v) is 7.29. The van der Waals surface area contributed by atoms with Gasteiger partial charge in [0.25, 0.3) is 5.91 Å². The van der Waals surface area contributed by atoms with Crippen LogP contribution in [0.1, 0.15) is 57.6 Å². The summed E-state index contributed by atoms with van der Waals surface area (Å²) in [7, 11) is 0. The van der Waals surface area contributed by atoms with Gasteiger partial charge in [-0.25, -0.2) is 0 Å². The Morgan fingerprint density at radius 2 is 2.08 bits per heavy atom. The lowest BCUT2D eigenvalue weighted by molar-refractivity contribution is 0.0792. The Morgan fingerprint density at radius 1 is 1.23 bits per heavy atom. The number of aryl methyl sites for hydroxylation is 1. The van der Waals surface area contributed by atoms with Crippen molar-refractivity contribution >= 4 is 22.9 Å². The quantitative estimate of drug-likeness (QED) is 0.750. The first-order valence-corrected chi connectivity index (χ1v) is 10.5. The molecule has 0 radical (unpaired) electrons. The number of benzene rings is 1. The van der Waals surface area contributed by atoms with E-state index in [0.717, 1.165) is 37.9 Å². The number of carbonyl (C=O) groups is 1. The molecule has 134 valence electrons. The second-order valence-electron chi connectivity index (χ2n) is 7.74. The average Bonchev–Trinajstić information content (AvgIpc) is 3.41. The molecule has 3 unspecified atom stereocenters. The number of fused-ring (bicyclic) bond motifs is 3. The molecule has 4 heteroatoms. The van der Waals surface area contributed by atoms with Gasteiger partial charge >= 0.3 is 0 Å². The maximum Gasteiger partial charge on any atom is 0.253 e. The Hall–Kier alpha value is -2.07. The summed E-state index contributed by atoms with van der Waals surface area (Å²) < 4.78 is 0. The van der Waals surface area contributed by atoms with Gasteiger partial charge in [-0.1, -0.05) is 12.2 Å². The highest BCUT2D eigenvalue weighted by molar-refractivity contribution is 7.10. The van der Waals surface area contributed by atoms with E-state index in [0.29, 0.717) is 17.9 Å². The first kappa shape index (κ1) is 16.1. The van der Waals surface area contributed by atoms with Crippen molar-refractivity contribution in [2.45, 2.75) is 38.1 Å². The zero-order valence-corrected chi connectivity index (χ0v) is 15.9. The lowest BCUT2D eigenvalue weighted by atomic mass is 9.78. The maximum absolute atomic E-state index is 12.8. The van der Waals surface area contributed by atoms with Gasteiger partial charge in [0.15, 0.2) is 0 Å². The third kappa shape index (κ3) is 2.50. The minimum Gasteiger partial charge on any atom is -0.377 e. The Bertz CT molecular complexity index is 878. The van der Waals surface area contributed by atoms with Crippen LogP contribution >= 0.6 is 11.3 Å². The average molecular weight is 365 g/mol. The standard InChI is InChI=1S/C22H24N2OS/c1-14-9-12-26-21(14)20-17-6-4-5-16(17)18-13-15(7-8-19(18)23-20)22(25)24-10-2-3-11-24/h4-5,7-9,12-13,16-17,20,23H,2-3,6,10-11H2,1H3. The molecule has 1 fully saturated rings. The summed E-state index contributed by atoms with van der Waals surface area (Å²) in [5.41, 5.74) is 4.70. The van der Waals surface area contributed by atoms with Crippen LogP contribution in [-0.4, -0.2) is 23.9 Å². The number of hydrogen-bond donors (Lipinski definition) is 1. The van der Waals surface area contributed by atoms with E-state index in [-0.39, 0.29) is 5.91 Å². The van der Waals surface area contributed by atoms with Gasteiger partial charge in [0.1, 0.15) is 0 Å². The van der Waals surface area contributed by atoms with E-state index in [2.05, 4.69) is 48.0 Å². The second kappa shape index (κ2) is 6.27. The lowest BCUT2D eigenvalue weighted by Gasteiger charge is -2.37. The van der Waals surface area contributed by atoms with Crippen LogP contribution in [0.4, 0.5) is 5.69 Å². The molecule has 1 amide bonds. The van der Waals surface area contributed by atoms with Crippen molar-refractivity contribution < 1.29 is 4.79 Å². The van der Waals surface area contributed by atoms with Crippen LogP contribution in [0.25, 0.3) is 0 Å². The van der Waals surface area contributed by atoms with Gasteiger partial charge in [0, 0.05) is 35.1 Å². The normalized spacial score (nSPS) is 26.5. The molecule has 2 aromatic rings. The fraction of sp³-hybridized carbons (Fsp3) is 0.409. The zero-order chi connectivity index (χ0) is 17.7. The van der Waals surface area contributed by atoms with Gasteiger partial charge in [-0.05, 0) is 72.9 Å². The van der Waals surface area contributed by atoms with Crippen molar-refractivity contribution in [2.75, 3.05) is 18.4 Å². The SMILES string of the molecule is Cc1ccsc1C1Nc2ccc(C(=O)N3CCCC3)cc2C2C=CCC21. The predicted molar refractivity (Wildman–Crippen MR) is 107 cm³/mol. The lowest BCUT2D eigenvalue weighted by Crippen LogP contribution is -2.30. The summed E-state index contributed by atoms with van der Waals surface area (Å²) in [5, 5.41) is 5.98. The molecule has 1 aromatic carbocycles. The largest absolute Gasteiger partial charge is 0.377 e. The summed E-state index contributed by atoms with van der Waals surface area (Å²) in [6, 6.07) is 8.85. The van der Waals surface area contributed by atoms with Gasteiger partial charge < -0.3 is 10.2 Å². The highest BCUT2D eigenvalue weighted by Crippen LogP contribution is 2.51. The van der Waals surface area contributed by atoms with Crippen LogP contribution in [0.5, 0.6) is 0 Å². The molecule has 0 saturated carbocycles. The smallest absolute Gasteiger partial charge is 0.253 e. The molecule has 1 N–H and O–H groups in total. The molecule has 0 bridgehead atoms. The highest BCUT2D eigenvalue weighted by atomic mass is 32.1. The minimum absolute atomic E-state index is 0.194. The topological polar surface area (TPSA) is 32.3 Å². The van der Waals surface area contributed by atoms with Gasteiger partial charge in [-0.2, -0.15) is 0 Å². The molecule has 3 heterocycles. The second-order valence-corrected chi connectivity index (χ2v) is 8.69. The van der Waals surface area contributed by atoms with E-state index in [1.807, 2.05) is 22.3 Å². The number of allylic oxidation sites excluding steroid dienone is 2. The van der Waals surface area contributed by atoms with E-state index < -0.39 is 0 Å². The van der Waals surface area contributed by atoms with E-state index >= 15 is 0 Å². The fourth-order valence-electron chi connectivity index (χ4n) is 4.79. The molecule has 1 aliphatic carbocycles. The van der Waals surface area contributed by atoms with Gasteiger partial charge in [-0.3, -0.25) is 4.79 Å². The van der Waals surface area contributed by atoms with E-state index in [4.69, 9.17) is 0 Å². The molecule has 5 rings (SSSR count).